The van der Waals surface area contributed by atoms with Crippen LogP contribution in [0.3, 0.4) is 0 Å². The van der Waals surface area contributed by atoms with E-state index < -0.39 is 12.0 Å². The predicted octanol–water partition coefficient (Wildman–Crippen LogP) is 3.37. The van der Waals surface area contributed by atoms with E-state index in [0.29, 0.717) is 17.0 Å². The number of rotatable bonds is 3. The minimum absolute atomic E-state index is 0.0390. The second kappa shape index (κ2) is 5.91. The SMILES string of the molecule is CCOC(=O)c1cc2ccccc2c2c1N[C@H](C(C)C)C(=O)O2. The van der Waals surface area contributed by atoms with Gasteiger partial charge in [0.2, 0.25) is 0 Å². The Morgan fingerprint density at radius 2 is 2.09 bits per heavy atom. The first-order valence-electron chi connectivity index (χ1n) is 7.74. The Labute approximate surface area is 134 Å². The molecule has 0 aliphatic carbocycles. The molecule has 1 heterocycles. The molecule has 0 saturated heterocycles. The molecule has 0 amide bonds. The summed E-state index contributed by atoms with van der Waals surface area (Å²) in [5.74, 6) is -0.327. The van der Waals surface area contributed by atoms with Crippen molar-refractivity contribution in [3.05, 3.63) is 35.9 Å². The number of hydrogen-bond acceptors (Lipinski definition) is 5. The number of benzene rings is 2. The first-order valence-corrected chi connectivity index (χ1v) is 7.74. The van der Waals surface area contributed by atoms with Gasteiger partial charge in [0, 0.05) is 5.39 Å². The zero-order chi connectivity index (χ0) is 16.6. The van der Waals surface area contributed by atoms with Gasteiger partial charge in [0.25, 0.3) is 0 Å². The molecule has 0 saturated carbocycles. The second-order valence-electron chi connectivity index (χ2n) is 5.86. The molecule has 1 N–H and O–H groups in total. The largest absolute Gasteiger partial charge is 0.462 e. The number of ether oxygens (including phenoxy) is 2. The molecule has 2 aromatic rings. The molecule has 2 aromatic carbocycles. The van der Waals surface area contributed by atoms with Crippen molar-refractivity contribution in [3.8, 4) is 5.75 Å². The first kappa shape index (κ1) is 15.3. The monoisotopic (exact) mass is 313 g/mol. The molecule has 1 atom stereocenters. The molecule has 1 aliphatic heterocycles. The van der Waals surface area contributed by atoms with Gasteiger partial charge in [-0.1, -0.05) is 38.1 Å². The van der Waals surface area contributed by atoms with E-state index in [1.54, 1.807) is 13.0 Å². The molecule has 0 aromatic heterocycles. The average molecular weight is 313 g/mol. The Bertz CT molecular complexity index is 782. The summed E-state index contributed by atoms with van der Waals surface area (Å²) < 4.78 is 10.7. The summed E-state index contributed by atoms with van der Waals surface area (Å²) in [7, 11) is 0. The fraction of sp³-hybridized carbons (Fsp3) is 0.333. The summed E-state index contributed by atoms with van der Waals surface area (Å²) in [5.41, 5.74) is 0.916. The Hall–Kier alpha value is -2.56. The van der Waals surface area contributed by atoms with Gasteiger partial charge in [-0.2, -0.15) is 0 Å². The van der Waals surface area contributed by atoms with Gasteiger partial charge in [-0.3, -0.25) is 0 Å². The Morgan fingerprint density at radius 1 is 1.35 bits per heavy atom. The second-order valence-corrected chi connectivity index (χ2v) is 5.86. The van der Waals surface area contributed by atoms with Crippen molar-refractivity contribution in [1.82, 2.24) is 0 Å². The van der Waals surface area contributed by atoms with Crippen LogP contribution >= 0.6 is 0 Å². The molecule has 0 unspecified atom stereocenters. The number of esters is 2. The minimum Gasteiger partial charge on any atom is -0.462 e. The summed E-state index contributed by atoms with van der Waals surface area (Å²) in [6.07, 6.45) is 0. The van der Waals surface area contributed by atoms with Crippen molar-refractivity contribution < 1.29 is 19.1 Å². The highest BCUT2D eigenvalue weighted by Gasteiger charge is 2.34. The van der Waals surface area contributed by atoms with Crippen LogP contribution < -0.4 is 10.1 Å². The van der Waals surface area contributed by atoms with Crippen LogP contribution in [0, 0.1) is 5.92 Å². The molecule has 5 nitrogen and oxygen atoms in total. The molecule has 1 aliphatic rings. The van der Waals surface area contributed by atoms with Crippen molar-refractivity contribution in [1.29, 1.82) is 0 Å². The van der Waals surface area contributed by atoms with Crippen LogP contribution in [0.4, 0.5) is 5.69 Å². The van der Waals surface area contributed by atoms with E-state index in [-0.39, 0.29) is 18.5 Å². The summed E-state index contributed by atoms with van der Waals surface area (Å²) in [6, 6.07) is 8.77. The van der Waals surface area contributed by atoms with E-state index >= 15 is 0 Å². The van der Waals surface area contributed by atoms with Gasteiger partial charge in [0.15, 0.2) is 5.75 Å². The van der Waals surface area contributed by atoms with Gasteiger partial charge >= 0.3 is 11.9 Å². The highest BCUT2D eigenvalue weighted by Crippen LogP contribution is 2.41. The van der Waals surface area contributed by atoms with Crippen molar-refractivity contribution in [2.45, 2.75) is 26.8 Å². The Morgan fingerprint density at radius 3 is 2.78 bits per heavy atom. The standard InChI is InChI=1S/C18H19NO4/c1-4-22-17(20)13-9-11-7-5-6-8-12(11)16-15(13)19-14(10(2)3)18(21)23-16/h5-10,14,19H,4H2,1-3H3/t14-/m1/s1. The lowest BCUT2D eigenvalue weighted by Crippen LogP contribution is -2.41. The quantitative estimate of drug-likeness (QED) is 0.695. The van der Waals surface area contributed by atoms with E-state index in [1.165, 1.54) is 0 Å². The highest BCUT2D eigenvalue weighted by molar-refractivity contribution is 6.08. The van der Waals surface area contributed by atoms with Crippen LogP contribution in [0.5, 0.6) is 5.75 Å². The molecule has 0 radical (unpaired) electrons. The third-order valence-electron chi connectivity index (χ3n) is 3.92. The molecular weight excluding hydrogens is 294 g/mol. The molecular formula is C18H19NO4. The van der Waals surface area contributed by atoms with Crippen LogP contribution in [0.2, 0.25) is 0 Å². The van der Waals surface area contributed by atoms with Crippen molar-refractivity contribution in [2.75, 3.05) is 11.9 Å². The smallest absolute Gasteiger partial charge is 0.340 e. The Kier molecular flexibility index (Phi) is 3.94. The number of fused-ring (bicyclic) bond motifs is 3. The summed E-state index contributed by atoms with van der Waals surface area (Å²) in [4.78, 5) is 24.6. The van der Waals surface area contributed by atoms with Crippen LogP contribution in [0.1, 0.15) is 31.1 Å². The van der Waals surface area contributed by atoms with Crippen LogP contribution in [-0.4, -0.2) is 24.6 Å². The number of hydrogen-bond donors (Lipinski definition) is 1. The maximum atomic E-state index is 12.3. The number of anilines is 1. The summed E-state index contributed by atoms with van der Waals surface area (Å²) >= 11 is 0. The molecule has 23 heavy (non-hydrogen) atoms. The lowest BCUT2D eigenvalue weighted by atomic mass is 9.98. The zero-order valence-electron chi connectivity index (χ0n) is 13.4. The van der Waals surface area contributed by atoms with E-state index in [1.807, 2.05) is 38.1 Å². The third kappa shape index (κ3) is 2.63. The fourth-order valence-electron chi connectivity index (χ4n) is 2.75. The topological polar surface area (TPSA) is 64.6 Å². The van der Waals surface area contributed by atoms with Gasteiger partial charge in [0.05, 0.1) is 17.9 Å². The van der Waals surface area contributed by atoms with Crippen molar-refractivity contribution in [3.63, 3.8) is 0 Å². The van der Waals surface area contributed by atoms with Crippen LogP contribution in [0.25, 0.3) is 10.8 Å². The fourth-order valence-corrected chi connectivity index (χ4v) is 2.75. The molecule has 3 rings (SSSR count). The Balaban J connectivity index is 2.22. The van der Waals surface area contributed by atoms with Gasteiger partial charge in [-0.15, -0.1) is 0 Å². The normalized spacial score (nSPS) is 16.7. The molecule has 5 heteroatoms. The third-order valence-corrected chi connectivity index (χ3v) is 3.92. The van der Waals surface area contributed by atoms with Gasteiger partial charge in [-0.25, -0.2) is 9.59 Å². The number of nitrogens with one attached hydrogen (secondary N) is 1. The van der Waals surface area contributed by atoms with E-state index in [9.17, 15) is 9.59 Å². The van der Waals surface area contributed by atoms with E-state index in [4.69, 9.17) is 9.47 Å². The van der Waals surface area contributed by atoms with Gasteiger partial charge < -0.3 is 14.8 Å². The zero-order valence-corrected chi connectivity index (χ0v) is 13.4. The van der Waals surface area contributed by atoms with Gasteiger partial charge in [-0.05, 0) is 24.3 Å². The van der Waals surface area contributed by atoms with Gasteiger partial charge in [0.1, 0.15) is 6.04 Å². The van der Waals surface area contributed by atoms with E-state index in [0.717, 1.165) is 10.8 Å². The first-order chi connectivity index (χ1) is 11.0. The average Bonchev–Trinajstić information content (AvgIpc) is 2.53. The van der Waals surface area contributed by atoms with E-state index in [2.05, 4.69) is 5.32 Å². The minimum atomic E-state index is -0.489. The lowest BCUT2D eigenvalue weighted by molar-refractivity contribution is -0.136. The maximum absolute atomic E-state index is 12.3. The molecule has 0 spiro atoms. The highest BCUT2D eigenvalue weighted by atomic mass is 16.5. The number of carbonyl (C=O) groups is 2. The van der Waals surface area contributed by atoms with Crippen LogP contribution in [-0.2, 0) is 9.53 Å². The molecule has 0 bridgehead atoms. The molecule has 120 valence electrons. The molecule has 0 fully saturated rings. The van der Waals surface area contributed by atoms with Crippen LogP contribution in [0.15, 0.2) is 30.3 Å². The summed E-state index contributed by atoms with van der Waals surface area (Å²) in [6.45, 7) is 5.90. The van der Waals surface area contributed by atoms with Crippen molar-refractivity contribution >= 4 is 28.4 Å². The lowest BCUT2D eigenvalue weighted by Gasteiger charge is -2.30. The maximum Gasteiger partial charge on any atom is 0.340 e. The van der Waals surface area contributed by atoms with Crippen molar-refractivity contribution in [2.24, 2.45) is 5.92 Å². The predicted molar refractivity (Wildman–Crippen MR) is 87.8 cm³/mol. The summed E-state index contributed by atoms with van der Waals surface area (Å²) in [5, 5.41) is 4.79. The number of carbonyl (C=O) groups excluding carboxylic acids is 2.